The van der Waals surface area contributed by atoms with Gasteiger partial charge in [0.1, 0.15) is 6.04 Å². The van der Waals surface area contributed by atoms with Crippen molar-refractivity contribution in [3.05, 3.63) is 29.8 Å². The Morgan fingerprint density at radius 3 is 2.38 bits per heavy atom. The van der Waals surface area contributed by atoms with Gasteiger partial charge in [0.25, 0.3) is 0 Å². The summed E-state index contributed by atoms with van der Waals surface area (Å²) in [5.74, 6) is -1.05. The maximum Gasteiger partial charge on any atom is 0.405 e. The highest BCUT2D eigenvalue weighted by molar-refractivity contribution is 5.97. The molecule has 0 bridgehead atoms. The summed E-state index contributed by atoms with van der Waals surface area (Å²) in [6.45, 7) is 1.49. The van der Waals surface area contributed by atoms with Crippen molar-refractivity contribution in [2.24, 2.45) is 5.73 Å². The molecule has 0 aliphatic heterocycles. The zero-order valence-electron chi connectivity index (χ0n) is 11.6. The van der Waals surface area contributed by atoms with Crippen LogP contribution in [0.15, 0.2) is 24.3 Å². The fourth-order valence-corrected chi connectivity index (χ4v) is 1.51. The normalized spacial score (nSPS) is 11.3. The molecule has 0 unspecified atom stereocenters. The lowest BCUT2D eigenvalue weighted by molar-refractivity contribution is -0.120. The van der Waals surface area contributed by atoms with Crippen molar-refractivity contribution in [3.63, 3.8) is 0 Å². The molecule has 3 amide bonds. The van der Waals surface area contributed by atoms with Crippen LogP contribution in [0.5, 0.6) is 0 Å². The molecular weight excluding hydrogens is 276 g/mol. The lowest BCUT2D eigenvalue weighted by Gasteiger charge is -2.17. The van der Waals surface area contributed by atoms with Crippen LogP contribution >= 0.6 is 0 Å². The Balaban J connectivity index is 2.67. The minimum Gasteiger partial charge on any atom is -0.465 e. The van der Waals surface area contributed by atoms with Gasteiger partial charge in [-0.2, -0.15) is 0 Å². The Hall–Kier alpha value is -2.61. The summed E-state index contributed by atoms with van der Waals surface area (Å²) in [6.07, 6.45) is -1.36. The summed E-state index contributed by atoms with van der Waals surface area (Å²) in [7, 11) is 0. The van der Waals surface area contributed by atoms with Gasteiger partial charge in [-0.1, -0.05) is 17.7 Å². The van der Waals surface area contributed by atoms with Crippen LogP contribution in [0.4, 0.5) is 10.5 Å². The van der Waals surface area contributed by atoms with Crippen LogP contribution < -0.4 is 21.7 Å². The molecular formula is C13H18N4O4. The van der Waals surface area contributed by atoms with Gasteiger partial charge in [0.15, 0.2) is 0 Å². The first kappa shape index (κ1) is 16.4. The van der Waals surface area contributed by atoms with E-state index in [0.717, 1.165) is 5.56 Å². The highest BCUT2D eigenvalue weighted by Crippen LogP contribution is 2.08. The van der Waals surface area contributed by atoms with Crippen molar-refractivity contribution in [3.8, 4) is 0 Å². The number of rotatable bonds is 6. The van der Waals surface area contributed by atoms with Crippen molar-refractivity contribution in [2.75, 3.05) is 18.4 Å². The molecule has 1 aromatic rings. The lowest BCUT2D eigenvalue weighted by Crippen LogP contribution is -2.50. The Morgan fingerprint density at radius 2 is 1.86 bits per heavy atom. The van der Waals surface area contributed by atoms with Gasteiger partial charge in [-0.3, -0.25) is 9.59 Å². The smallest absolute Gasteiger partial charge is 0.405 e. The molecule has 21 heavy (non-hydrogen) atoms. The first-order chi connectivity index (χ1) is 9.92. The monoisotopic (exact) mass is 294 g/mol. The van der Waals surface area contributed by atoms with Crippen LogP contribution in [0.25, 0.3) is 0 Å². The zero-order valence-corrected chi connectivity index (χ0v) is 11.6. The van der Waals surface area contributed by atoms with Crippen molar-refractivity contribution < 1.29 is 19.5 Å². The van der Waals surface area contributed by atoms with E-state index >= 15 is 0 Å². The quantitative estimate of drug-likeness (QED) is 0.489. The maximum atomic E-state index is 12.0. The van der Waals surface area contributed by atoms with Crippen LogP contribution in [-0.2, 0) is 9.59 Å². The Labute approximate surface area is 121 Å². The largest absolute Gasteiger partial charge is 0.465 e. The predicted octanol–water partition coefficient (Wildman–Crippen LogP) is -0.355. The summed E-state index contributed by atoms with van der Waals surface area (Å²) in [5.41, 5.74) is 6.69. The minimum atomic E-state index is -1.36. The summed E-state index contributed by atoms with van der Waals surface area (Å²) < 4.78 is 0. The average molecular weight is 294 g/mol. The molecule has 0 saturated carbocycles. The van der Waals surface area contributed by atoms with Crippen molar-refractivity contribution in [2.45, 2.75) is 13.0 Å². The molecule has 8 nitrogen and oxygen atoms in total. The molecule has 1 rings (SSSR count). The number of anilines is 1. The van der Waals surface area contributed by atoms with Crippen LogP contribution in [0.1, 0.15) is 5.56 Å². The second-order valence-corrected chi connectivity index (χ2v) is 4.37. The van der Waals surface area contributed by atoms with E-state index < -0.39 is 23.9 Å². The fraction of sp³-hybridized carbons (Fsp3) is 0.308. The first-order valence-corrected chi connectivity index (χ1v) is 6.26. The molecule has 0 heterocycles. The molecule has 1 aromatic carbocycles. The van der Waals surface area contributed by atoms with Crippen molar-refractivity contribution >= 4 is 23.6 Å². The highest BCUT2D eigenvalue weighted by atomic mass is 16.4. The van der Waals surface area contributed by atoms with Gasteiger partial charge in [-0.05, 0) is 19.1 Å². The topological polar surface area (TPSA) is 134 Å². The molecule has 6 N–H and O–H groups in total. The Kier molecular flexibility index (Phi) is 6.15. The summed E-state index contributed by atoms with van der Waals surface area (Å²) in [4.78, 5) is 33.8. The van der Waals surface area contributed by atoms with Gasteiger partial charge in [0, 0.05) is 12.2 Å². The van der Waals surface area contributed by atoms with Gasteiger partial charge in [0.2, 0.25) is 11.8 Å². The number of carbonyl (C=O) groups excluding carboxylic acids is 2. The van der Waals surface area contributed by atoms with Gasteiger partial charge >= 0.3 is 6.09 Å². The maximum absolute atomic E-state index is 12.0. The van der Waals surface area contributed by atoms with E-state index in [9.17, 15) is 14.4 Å². The van der Waals surface area contributed by atoms with Crippen LogP contribution in [0.3, 0.4) is 0 Å². The number of hydrogen-bond acceptors (Lipinski definition) is 4. The summed E-state index contributed by atoms with van der Waals surface area (Å²) in [6, 6.07) is 5.91. The van der Waals surface area contributed by atoms with Gasteiger partial charge < -0.3 is 26.8 Å². The first-order valence-electron chi connectivity index (χ1n) is 6.26. The molecule has 0 spiro atoms. The molecule has 0 aliphatic carbocycles. The summed E-state index contributed by atoms with van der Waals surface area (Å²) in [5, 5.41) is 15.7. The van der Waals surface area contributed by atoms with Gasteiger partial charge in [-0.15, -0.1) is 0 Å². The second-order valence-electron chi connectivity index (χ2n) is 4.37. The molecule has 114 valence electrons. The van der Waals surface area contributed by atoms with Crippen molar-refractivity contribution in [1.82, 2.24) is 10.6 Å². The second kappa shape index (κ2) is 7.85. The number of carboxylic acid groups (broad SMARTS) is 1. The third-order valence-electron chi connectivity index (χ3n) is 2.62. The third kappa shape index (κ3) is 5.91. The summed E-state index contributed by atoms with van der Waals surface area (Å²) >= 11 is 0. The number of carbonyl (C=O) groups is 3. The zero-order chi connectivity index (χ0) is 15.8. The van der Waals surface area contributed by atoms with E-state index in [1.54, 1.807) is 12.1 Å². The number of aryl methyl sites for hydroxylation is 1. The molecule has 0 saturated heterocycles. The van der Waals surface area contributed by atoms with E-state index in [4.69, 9.17) is 10.8 Å². The lowest BCUT2D eigenvalue weighted by atomic mass is 10.2. The van der Waals surface area contributed by atoms with Crippen LogP contribution in [0.2, 0.25) is 0 Å². The van der Waals surface area contributed by atoms with E-state index in [2.05, 4.69) is 10.6 Å². The standard InChI is InChI=1S/C13H18N4O4/c1-8-2-4-9(5-3-8)16-12(19)10(17-13(20)21)7-15-11(18)6-14/h2-5,10,17H,6-7,14H2,1H3,(H,15,18)(H,16,19)(H,20,21)/t10-/m0/s1. The Morgan fingerprint density at radius 1 is 1.24 bits per heavy atom. The number of nitrogens with one attached hydrogen (secondary N) is 3. The fourth-order valence-electron chi connectivity index (χ4n) is 1.51. The van der Waals surface area contributed by atoms with Crippen LogP contribution in [-0.4, -0.2) is 42.1 Å². The van der Waals surface area contributed by atoms with Gasteiger partial charge in [0.05, 0.1) is 6.54 Å². The highest BCUT2D eigenvalue weighted by Gasteiger charge is 2.21. The molecule has 1 atom stereocenters. The predicted molar refractivity (Wildman–Crippen MR) is 76.8 cm³/mol. The SMILES string of the molecule is Cc1ccc(NC(=O)[C@H](CNC(=O)CN)NC(=O)O)cc1. The minimum absolute atomic E-state index is 0.181. The molecule has 0 aliphatic rings. The van der Waals surface area contributed by atoms with E-state index in [0.29, 0.717) is 5.69 Å². The molecule has 0 radical (unpaired) electrons. The van der Waals surface area contributed by atoms with Gasteiger partial charge in [-0.25, -0.2) is 4.79 Å². The number of hydrogen-bond donors (Lipinski definition) is 5. The molecule has 8 heteroatoms. The van der Waals surface area contributed by atoms with Crippen molar-refractivity contribution in [1.29, 1.82) is 0 Å². The van der Waals surface area contributed by atoms with Crippen LogP contribution in [0, 0.1) is 6.92 Å². The molecule has 0 fully saturated rings. The number of amides is 3. The number of nitrogens with two attached hydrogens (primary N) is 1. The van der Waals surface area contributed by atoms with E-state index in [-0.39, 0.29) is 13.1 Å². The van der Waals surface area contributed by atoms with E-state index in [1.165, 1.54) is 0 Å². The Bertz CT molecular complexity index is 515. The number of benzene rings is 1. The van der Waals surface area contributed by atoms with E-state index in [1.807, 2.05) is 24.4 Å². The third-order valence-corrected chi connectivity index (χ3v) is 2.62. The average Bonchev–Trinajstić information content (AvgIpc) is 2.45. The molecule has 0 aromatic heterocycles.